The fourth-order valence-electron chi connectivity index (χ4n) is 0.202. The van der Waals surface area contributed by atoms with Gasteiger partial charge in [-0.2, -0.15) is 0 Å². The van der Waals surface area contributed by atoms with Crippen molar-refractivity contribution in [1.29, 1.82) is 0 Å². The summed E-state index contributed by atoms with van der Waals surface area (Å²) < 4.78 is 3.97. The summed E-state index contributed by atoms with van der Waals surface area (Å²) in [7, 11) is 0. The van der Waals surface area contributed by atoms with Crippen LogP contribution < -0.4 is 11.5 Å². The Balaban J connectivity index is -0.000000166. The van der Waals surface area contributed by atoms with Gasteiger partial charge in [-0.15, -0.1) is 0 Å². The number of aliphatic carboxylic acids is 1. The lowest BCUT2D eigenvalue weighted by molar-refractivity contribution is -0.156. The van der Waals surface area contributed by atoms with Crippen LogP contribution in [0.25, 0.3) is 0 Å². The quantitative estimate of drug-likeness (QED) is 0.412. The summed E-state index contributed by atoms with van der Waals surface area (Å²) in [5, 5.41) is 7.42. The molecule has 0 aliphatic rings. The first kappa shape index (κ1) is 20.0. The van der Waals surface area contributed by atoms with Crippen molar-refractivity contribution in [3.05, 3.63) is 0 Å². The molecule has 16 heavy (non-hydrogen) atoms. The summed E-state index contributed by atoms with van der Waals surface area (Å²) in [6.45, 7) is 5.91. The van der Waals surface area contributed by atoms with E-state index in [1.54, 1.807) is 0 Å². The smallest absolute Gasteiger partial charge is 0.310 e. The van der Waals surface area contributed by atoms with E-state index in [-0.39, 0.29) is 6.04 Å². The van der Waals surface area contributed by atoms with Gasteiger partial charge in [-0.25, -0.2) is 0 Å². The second-order valence-electron chi connectivity index (χ2n) is 2.82. The number of ether oxygens (including phenoxy) is 1. The van der Waals surface area contributed by atoms with Gasteiger partial charge in [0, 0.05) is 33.4 Å². The predicted octanol–water partition coefficient (Wildman–Crippen LogP) is -0.521. The average Bonchev–Trinajstić information content (AvgIpc) is 2.01. The van der Waals surface area contributed by atoms with E-state index in [0.29, 0.717) is 6.54 Å². The molecular formula is C9H20N2O5. The van der Waals surface area contributed by atoms with Gasteiger partial charge in [0.2, 0.25) is 0 Å². The molecule has 0 aliphatic heterocycles. The predicted molar refractivity (Wildman–Crippen MR) is 58.5 cm³/mol. The van der Waals surface area contributed by atoms with Crippen LogP contribution in [0.3, 0.4) is 0 Å². The monoisotopic (exact) mass is 236 g/mol. The maximum absolute atomic E-state index is 9.81. The minimum Gasteiger partial charge on any atom is -0.481 e. The van der Waals surface area contributed by atoms with Crippen LogP contribution in [0.5, 0.6) is 0 Å². The molecule has 0 saturated heterocycles. The zero-order chi connectivity index (χ0) is 13.7. The Morgan fingerprint density at radius 1 is 1.19 bits per heavy atom. The fourth-order valence-corrected chi connectivity index (χ4v) is 0.202. The third-order valence-electron chi connectivity index (χ3n) is 0.659. The van der Waals surface area contributed by atoms with Crippen LogP contribution >= 0.6 is 0 Å². The van der Waals surface area contributed by atoms with Crippen molar-refractivity contribution in [2.24, 2.45) is 11.5 Å². The van der Waals surface area contributed by atoms with Gasteiger partial charge in [-0.1, -0.05) is 0 Å². The molecule has 7 nitrogen and oxygen atoms in total. The maximum atomic E-state index is 9.81. The minimum absolute atomic E-state index is 0.162. The van der Waals surface area contributed by atoms with Crippen molar-refractivity contribution in [2.75, 3.05) is 6.54 Å². The zero-order valence-electron chi connectivity index (χ0n) is 10.0. The topological polar surface area (TPSA) is 133 Å². The van der Waals surface area contributed by atoms with Gasteiger partial charge < -0.3 is 21.3 Å². The van der Waals surface area contributed by atoms with Gasteiger partial charge >= 0.3 is 11.9 Å². The molecule has 0 spiro atoms. The summed E-state index contributed by atoms with van der Waals surface area (Å²) >= 11 is 0. The molecule has 0 fully saturated rings. The van der Waals surface area contributed by atoms with E-state index in [1.807, 2.05) is 6.92 Å². The van der Waals surface area contributed by atoms with Crippen LogP contribution in [0, 0.1) is 0 Å². The van der Waals surface area contributed by atoms with Crippen LogP contribution in [0.2, 0.25) is 0 Å². The van der Waals surface area contributed by atoms with Crippen LogP contribution in [0.4, 0.5) is 0 Å². The Labute approximate surface area is 94.7 Å². The molecule has 0 aliphatic carbocycles. The summed E-state index contributed by atoms with van der Waals surface area (Å²) in [5.41, 5.74) is 10.2. The van der Waals surface area contributed by atoms with Crippen molar-refractivity contribution in [3.8, 4) is 0 Å². The van der Waals surface area contributed by atoms with Crippen LogP contribution in [0.1, 0.15) is 27.7 Å². The standard InChI is InChI=1S/C4H6O3.C3H10N2.C2H4O2/c1-3(5)7-4(2)6;1-3(5)2-4;1-2(3)4/h1-2H3;3H,2,4-5H2,1H3;1H3,(H,3,4). The molecule has 1 unspecified atom stereocenters. The Morgan fingerprint density at radius 2 is 1.38 bits per heavy atom. The van der Waals surface area contributed by atoms with Gasteiger partial charge in [0.15, 0.2) is 0 Å². The van der Waals surface area contributed by atoms with Gasteiger partial charge in [0.25, 0.3) is 5.97 Å². The summed E-state index contributed by atoms with van der Waals surface area (Å²) in [6.07, 6.45) is 0. The van der Waals surface area contributed by atoms with E-state index in [2.05, 4.69) is 4.74 Å². The molecule has 0 saturated carbocycles. The molecule has 0 amide bonds. The lowest BCUT2D eigenvalue weighted by Gasteiger charge is -1.92. The Morgan fingerprint density at radius 3 is 1.38 bits per heavy atom. The molecule has 0 aromatic rings. The lowest BCUT2D eigenvalue weighted by Crippen LogP contribution is -2.25. The third kappa shape index (κ3) is 81.2. The number of hydrogen-bond donors (Lipinski definition) is 3. The highest BCUT2D eigenvalue weighted by Crippen LogP contribution is 1.73. The first-order valence-electron chi connectivity index (χ1n) is 4.47. The summed E-state index contributed by atoms with van der Waals surface area (Å²) in [4.78, 5) is 28.6. The van der Waals surface area contributed by atoms with Crippen molar-refractivity contribution < 1.29 is 24.2 Å². The highest BCUT2D eigenvalue weighted by atomic mass is 16.6. The number of carboxylic acids is 1. The van der Waals surface area contributed by atoms with Gasteiger partial charge in [-0.3, -0.25) is 14.4 Å². The van der Waals surface area contributed by atoms with E-state index in [0.717, 1.165) is 6.92 Å². The molecule has 0 aromatic heterocycles. The first-order valence-corrected chi connectivity index (χ1v) is 4.47. The van der Waals surface area contributed by atoms with E-state index >= 15 is 0 Å². The van der Waals surface area contributed by atoms with Gasteiger partial charge in [0.05, 0.1) is 0 Å². The van der Waals surface area contributed by atoms with E-state index in [4.69, 9.17) is 21.4 Å². The highest BCUT2D eigenvalue weighted by Gasteiger charge is 1.93. The molecule has 0 radical (unpaired) electrons. The Kier molecular flexibility index (Phi) is 16.9. The molecule has 5 N–H and O–H groups in total. The van der Waals surface area contributed by atoms with Crippen molar-refractivity contribution in [2.45, 2.75) is 33.7 Å². The average molecular weight is 236 g/mol. The first-order chi connectivity index (χ1) is 7.13. The van der Waals surface area contributed by atoms with Crippen LogP contribution in [0.15, 0.2) is 0 Å². The normalized spacial score (nSPS) is 9.62. The van der Waals surface area contributed by atoms with Crippen molar-refractivity contribution in [3.63, 3.8) is 0 Å². The molecule has 96 valence electrons. The SMILES string of the molecule is CC(=O)O.CC(=O)OC(C)=O.CC(N)CN. The molecule has 0 bridgehead atoms. The van der Waals surface area contributed by atoms with Crippen LogP contribution in [-0.2, 0) is 19.1 Å². The lowest BCUT2D eigenvalue weighted by atomic mass is 10.4. The number of nitrogens with two attached hydrogens (primary N) is 2. The molecule has 0 rings (SSSR count). The van der Waals surface area contributed by atoms with Crippen molar-refractivity contribution in [1.82, 2.24) is 0 Å². The molecular weight excluding hydrogens is 216 g/mol. The third-order valence-corrected chi connectivity index (χ3v) is 0.659. The Bertz CT molecular complexity index is 200. The van der Waals surface area contributed by atoms with Crippen LogP contribution in [-0.4, -0.2) is 35.6 Å². The Hall–Kier alpha value is -1.47. The zero-order valence-corrected chi connectivity index (χ0v) is 10.0. The van der Waals surface area contributed by atoms with Crippen molar-refractivity contribution >= 4 is 17.9 Å². The minimum atomic E-state index is -0.833. The van der Waals surface area contributed by atoms with E-state index in [1.165, 1.54) is 13.8 Å². The molecule has 0 heterocycles. The number of carbonyl (C=O) groups excluding carboxylic acids is 2. The summed E-state index contributed by atoms with van der Waals surface area (Å²) in [6, 6.07) is 0.162. The number of rotatable bonds is 1. The number of esters is 2. The molecule has 0 aromatic carbocycles. The largest absolute Gasteiger partial charge is 0.481 e. The second kappa shape index (κ2) is 13.5. The number of carbonyl (C=O) groups is 3. The van der Waals surface area contributed by atoms with Gasteiger partial charge in [-0.05, 0) is 6.92 Å². The van der Waals surface area contributed by atoms with E-state index < -0.39 is 17.9 Å². The van der Waals surface area contributed by atoms with E-state index in [9.17, 15) is 9.59 Å². The summed E-state index contributed by atoms with van der Waals surface area (Å²) in [5.74, 6) is -1.96. The molecule has 7 heteroatoms. The number of carboxylic acid groups (broad SMARTS) is 1. The number of hydrogen-bond acceptors (Lipinski definition) is 6. The second-order valence-corrected chi connectivity index (χ2v) is 2.82. The molecule has 1 atom stereocenters. The fraction of sp³-hybridized carbons (Fsp3) is 0.667. The van der Waals surface area contributed by atoms with Gasteiger partial charge in [0.1, 0.15) is 0 Å². The maximum Gasteiger partial charge on any atom is 0.310 e. The highest BCUT2D eigenvalue weighted by molar-refractivity contribution is 5.82.